The van der Waals surface area contributed by atoms with Crippen LogP contribution in [0.3, 0.4) is 0 Å². The van der Waals surface area contributed by atoms with E-state index in [4.69, 9.17) is 16.3 Å². The second-order valence-electron chi connectivity index (χ2n) is 6.78. The summed E-state index contributed by atoms with van der Waals surface area (Å²) in [6.45, 7) is 0.552. The Kier molecular flexibility index (Phi) is 5.99. The third-order valence-corrected chi connectivity index (χ3v) is 5.07. The fraction of sp³-hybridized carbons (Fsp3) is 0.136. The second kappa shape index (κ2) is 9.01. The molecule has 7 nitrogen and oxygen atoms in total. The molecule has 0 aliphatic heterocycles. The zero-order chi connectivity index (χ0) is 21.8. The molecule has 0 atom stereocenters. The molecule has 1 amide bonds. The topological polar surface area (TPSA) is 74.0 Å². The van der Waals surface area contributed by atoms with Crippen LogP contribution in [0.25, 0.3) is 5.82 Å². The minimum absolute atomic E-state index is 0.133. The minimum atomic E-state index is -0.434. The Hall–Kier alpha value is -3.65. The molecule has 9 heteroatoms. The maximum absolute atomic E-state index is 13.2. The van der Waals surface area contributed by atoms with Crippen LogP contribution in [-0.2, 0) is 13.1 Å². The summed E-state index contributed by atoms with van der Waals surface area (Å²) >= 11 is 6.05. The van der Waals surface area contributed by atoms with E-state index < -0.39 is 11.7 Å². The van der Waals surface area contributed by atoms with Gasteiger partial charge in [0.15, 0.2) is 11.5 Å². The standard InChI is InChI=1S/C22H19ClFN5O2/c1-31-18-8-4-15(5-9-18)14-29-22(28-10-2-3-11-28)20(26-27-29)21(30)25-13-16-6-7-17(24)12-19(16)23/h2-12H,13-14H2,1H3,(H,25,30). The highest BCUT2D eigenvalue weighted by molar-refractivity contribution is 6.31. The molecule has 0 spiro atoms. The number of hydrogen-bond donors (Lipinski definition) is 1. The zero-order valence-corrected chi connectivity index (χ0v) is 17.4. The van der Waals surface area contributed by atoms with Crippen molar-refractivity contribution in [1.29, 1.82) is 0 Å². The van der Waals surface area contributed by atoms with E-state index in [1.54, 1.807) is 16.4 Å². The molecule has 0 saturated carbocycles. The largest absolute Gasteiger partial charge is 0.497 e. The predicted molar refractivity (Wildman–Crippen MR) is 114 cm³/mol. The summed E-state index contributed by atoms with van der Waals surface area (Å²) in [5.74, 6) is 0.442. The lowest BCUT2D eigenvalue weighted by Crippen LogP contribution is -2.25. The fourth-order valence-electron chi connectivity index (χ4n) is 3.12. The van der Waals surface area contributed by atoms with E-state index in [9.17, 15) is 9.18 Å². The number of methoxy groups -OCH3 is 1. The number of carbonyl (C=O) groups excluding carboxylic acids is 1. The van der Waals surface area contributed by atoms with Crippen LogP contribution < -0.4 is 10.1 Å². The monoisotopic (exact) mass is 439 g/mol. The van der Waals surface area contributed by atoms with Crippen molar-refractivity contribution in [1.82, 2.24) is 24.9 Å². The van der Waals surface area contributed by atoms with Gasteiger partial charge in [-0.2, -0.15) is 0 Å². The minimum Gasteiger partial charge on any atom is -0.497 e. The van der Waals surface area contributed by atoms with Crippen molar-refractivity contribution in [3.63, 3.8) is 0 Å². The molecule has 0 aliphatic carbocycles. The number of rotatable bonds is 7. The fourth-order valence-corrected chi connectivity index (χ4v) is 3.35. The number of halogens is 2. The number of benzene rings is 2. The van der Waals surface area contributed by atoms with Crippen molar-refractivity contribution in [2.24, 2.45) is 0 Å². The van der Waals surface area contributed by atoms with Gasteiger partial charge in [0.05, 0.1) is 13.7 Å². The molecule has 31 heavy (non-hydrogen) atoms. The van der Waals surface area contributed by atoms with Crippen LogP contribution in [-0.4, -0.2) is 32.6 Å². The number of aromatic nitrogens is 4. The van der Waals surface area contributed by atoms with Gasteiger partial charge in [0.2, 0.25) is 0 Å². The van der Waals surface area contributed by atoms with Gasteiger partial charge in [0.1, 0.15) is 11.6 Å². The summed E-state index contributed by atoms with van der Waals surface area (Å²) in [7, 11) is 1.61. The van der Waals surface area contributed by atoms with Gasteiger partial charge in [-0.25, -0.2) is 9.07 Å². The number of hydrogen-bond acceptors (Lipinski definition) is 4. The first-order valence-electron chi connectivity index (χ1n) is 9.47. The van der Waals surface area contributed by atoms with Gasteiger partial charge in [-0.1, -0.05) is 35.0 Å². The van der Waals surface area contributed by atoms with Gasteiger partial charge in [-0.3, -0.25) is 4.79 Å². The van der Waals surface area contributed by atoms with E-state index in [0.717, 1.165) is 11.3 Å². The summed E-state index contributed by atoms with van der Waals surface area (Å²) < 4.78 is 21.9. The lowest BCUT2D eigenvalue weighted by atomic mass is 10.2. The van der Waals surface area contributed by atoms with Gasteiger partial charge in [-0.05, 0) is 47.5 Å². The number of nitrogens with one attached hydrogen (secondary N) is 1. The molecular weight excluding hydrogens is 421 g/mol. The van der Waals surface area contributed by atoms with E-state index in [-0.39, 0.29) is 17.3 Å². The quantitative estimate of drug-likeness (QED) is 0.474. The van der Waals surface area contributed by atoms with Gasteiger partial charge >= 0.3 is 0 Å². The van der Waals surface area contributed by atoms with Crippen molar-refractivity contribution in [3.05, 3.63) is 94.7 Å². The highest BCUT2D eigenvalue weighted by Crippen LogP contribution is 2.19. The van der Waals surface area contributed by atoms with E-state index in [1.165, 1.54) is 18.2 Å². The van der Waals surface area contributed by atoms with Gasteiger partial charge in [0.25, 0.3) is 5.91 Å². The molecule has 0 unspecified atom stereocenters. The number of amides is 1. The van der Waals surface area contributed by atoms with Crippen molar-refractivity contribution in [2.75, 3.05) is 7.11 Å². The summed E-state index contributed by atoms with van der Waals surface area (Å²) in [6.07, 6.45) is 3.63. The van der Waals surface area contributed by atoms with E-state index in [2.05, 4.69) is 15.6 Å². The first-order chi connectivity index (χ1) is 15.0. The second-order valence-corrected chi connectivity index (χ2v) is 7.18. The third kappa shape index (κ3) is 4.59. The van der Waals surface area contributed by atoms with Crippen LogP contribution in [0.4, 0.5) is 4.39 Å². The van der Waals surface area contributed by atoms with Crippen molar-refractivity contribution >= 4 is 17.5 Å². The molecule has 2 aromatic heterocycles. The summed E-state index contributed by atoms with van der Waals surface area (Å²) in [5, 5.41) is 11.3. The maximum atomic E-state index is 13.2. The summed E-state index contributed by atoms with van der Waals surface area (Å²) in [6, 6.07) is 15.3. The van der Waals surface area contributed by atoms with Crippen LogP contribution in [0.15, 0.2) is 67.0 Å². The lowest BCUT2D eigenvalue weighted by molar-refractivity contribution is 0.0946. The van der Waals surface area contributed by atoms with Gasteiger partial charge < -0.3 is 14.6 Å². The Balaban J connectivity index is 1.59. The third-order valence-electron chi connectivity index (χ3n) is 4.72. The molecule has 1 N–H and O–H groups in total. The van der Waals surface area contributed by atoms with Crippen LogP contribution in [0.1, 0.15) is 21.6 Å². The molecule has 0 fully saturated rings. The molecule has 0 radical (unpaired) electrons. The predicted octanol–water partition coefficient (Wildman–Crippen LogP) is 3.85. The van der Waals surface area contributed by atoms with E-state index in [0.29, 0.717) is 17.9 Å². The highest BCUT2D eigenvalue weighted by atomic mass is 35.5. The molecule has 2 heterocycles. The molecule has 4 rings (SSSR count). The van der Waals surface area contributed by atoms with Crippen LogP contribution >= 0.6 is 11.6 Å². The summed E-state index contributed by atoms with van der Waals surface area (Å²) in [4.78, 5) is 12.9. The van der Waals surface area contributed by atoms with Crippen LogP contribution in [0.2, 0.25) is 5.02 Å². The Labute approximate surface area is 183 Å². The Morgan fingerprint density at radius 2 is 1.90 bits per heavy atom. The molecule has 2 aromatic carbocycles. The molecular formula is C22H19ClFN5O2. The molecule has 0 saturated heterocycles. The maximum Gasteiger partial charge on any atom is 0.276 e. The van der Waals surface area contributed by atoms with Crippen molar-refractivity contribution in [2.45, 2.75) is 13.1 Å². The van der Waals surface area contributed by atoms with E-state index in [1.807, 2.05) is 48.8 Å². The normalized spacial score (nSPS) is 10.8. The van der Waals surface area contributed by atoms with Crippen molar-refractivity contribution in [3.8, 4) is 11.6 Å². The molecule has 4 aromatic rings. The molecule has 0 bridgehead atoms. The Morgan fingerprint density at radius 1 is 1.16 bits per heavy atom. The number of carbonyl (C=O) groups is 1. The smallest absolute Gasteiger partial charge is 0.276 e. The number of ether oxygens (including phenoxy) is 1. The average molecular weight is 440 g/mol. The Morgan fingerprint density at radius 3 is 2.58 bits per heavy atom. The zero-order valence-electron chi connectivity index (χ0n) is 16.6. The first kappa shape index (κ1) is 20.6. The van der Waals surface area contributed by atoms with Crippen LogP contribution in [0, 0.1) is 5.82 Å². The van der Waals surface area contributed by atoms with Crippen LogP contribution in [0.5, 0.6) is 5.75 Å². The van der Waals surface area contributed by atoms with E-state index >= 15 is 0 Å². The first-order valence-corrected chi connectivity index (χ1v) is 9.85. The number of nitrogens with zero attached hydrogens (tertiary/aromatic N) is 4. The Bertz CT molecular complexity index is 1190. The molecule has 158 valence electrons. The highest BCUT2D eigenvalue weighted by Gasteiger charge is 2.21. The van der Waals surface area contributed by atoms with Crippen molar-refractivity contribution < 1.29 is 13.9 Å². The SMILES string of the molecule is COc1ccc(Cn2nnc(C(=O)NCc3ccc(F)cc3Cl)c2-n2cccc2)cc1. The summed E-state index contributed by atoms with van der Waals surface area (Å²) in [5.41, 5.74) is 1.75. The van der Waals surface area contributed by atoms with Gasteiger partial charge in [-0.15, -0.1) is 5.10 Å². The van der Waals surface area contributed by atoms with Gasteiger partial charge in [0, 0.05) is 24.0 Å². The lowest BCUT2D eigenvalue weighted by Gasteiger charge is -2.10. The molecule has 0 aliphatic rings. The average Bonchev–Trinajstić information content (AvgIpc) is 3.43.